The highest BCUT2D eigenvalue weighted by Crippen LogP contribution is 2.41. The average molecular weight is 255 g/mol. The quantitative estimate of drug-likeness (QED) is 0.717. The number of carbonyl (C=O) groups is 2. The summed E-state index contributed by atoms with van der Waals surface area (Å²) in [4.78, 5) is 28.4. The lowest BCUT2D eigenvalue weighted by atomic mass is 9.70. The van der Waals surface area contributed by atoms with Crippen molar-refractivity contribution in [3.05, 3.63) is 0 Å². The van der Waals surface area contributed by atoms with Crippen LogP contribution in [0, 0.1) is 11.8 Å². The Kier molecular flexibility index (Phi) is 4.22. The molecule has 2 fully saturated rings. The zero-order valence-electron chi connectivity index (χ0n) is 11.1. The van der Waals surface area contributed by atoms with Crippen LogP contribution in [0.1, 0.15) is 38.5 Å². The molecule has 0 bridgehead atoms. The summed E-state index contributed by atoms with van der Waals surface area (Å²) in [7, 11) is 2.97. The zero-order valence-corrected chi connectivity index (χ0v) is 11.1. The van der Waals surface area contributed by atoms with E-state index in [1.54, 1.807) is 7.11 Å². The molecule has 2 rings (SSSR count). The molecule has 0 aromatic carbocycles. The maximum atomic E-state index is 11.8. The Morgan fingerprint density at radius 2 is 2.11 bits per heavy atom. The number of methoxy groups -OCH3 is 1. The van der Waals surface area contributed by atoms with E-state index in [1.165, 1.54) is 12.2 Å². The van der Waals surface area contributed by atoms with Crippen LogP contribution in [0.25, 0.3) is 0 Å². The first-order chi connectivity index (χ1) is 8.67. The van der Waals surface area contributed by atoms with Crippen molar-refractivity contribution in [1.82, 2.24) is 5.06 Å². The van der Waals surface area contributed by atoms with E-state index < -0.39 is 0 Å². The van der Waals surface area contributed by atoms with Crippen molar-refractivity contribution in [2.75, 3.05) is 14.2 Å². The van der Waals surface area contributed by atoms with Gasteiger partial charge >= 0.3 is 5.97 Å². The summed E-state index contributed by atoms with van der Waals surface area (Å²) in [6, 6.07) is 0.139. The van der Waals surface area contributed by atoms with E-state index in [-0.39, 0.29) is 17.9 Å². The van der Waals surface area contributed by atoms with Crippen LogP contribution in [-0.4, -0.2) is 37.2 Å². The van der Waals surface area contributed by atoms with Gasteiger partial charge in [0.25, 0.3) is 0 Å². The van der Waals surface area contributed by atoms with Crippen molar-refractivity contribution in [1.29, 1.82) is 0 Å². The second kappa shape index (κ2) is 5.69. The SMILES string of the molecule is COC(=O)C[C@@H]1CCCC2C1CCC(=O)N2OC. The zero-order chi connectivity index (χ0) is 13.1. The molecule has 1 saturated carbocycles. The van der Waals surface area contributed by atoms with Gasteiger partial charge in [-0.05, 0) is 31.1 Å². The van der Waals surface area contributed by atoms with Gasteiger partial charge in [-0.3, -0.25) is 14.4 Å². The summed E-state index contributed by atoms with van der Waals surface area (Å²) < 4.78 is 4.76. The molecule has 0 N–H and O–H groups in total. The molecule has 0 spiro atoms. The minimum absolute atomic E-state index is 0.0671. The summed E-state index contributed by atoms with van der Waals surface area (Å²) >= 11 is 0. The lowest BCUT2D eigenvalue weighted by molar-refractivity contribution is -0.210. The van der Waals surface area contributed by atoms with Crippen LogP contribution in [0.5, 0.6) is 0 Å². The number of rotatable bonds is 3. The minimum Gasteiger partial charge on any atom is -0.469 e. The second-order valence-electron chi connectivity index (χ2n) is 5.14. The topological polar surface area (TPSA) is 55.8 Å². The Bertz CT molecular complexity index is 331. The summed E-state index contributed by atoms with van der Waals surface area (Å²) in [5.74, 6) is 0.608. The van der Waals surface area contributed by atoms with Gasteiger partial charge in [-0.1, -0.05) is 6.42 Å². The number of nitrogens with zero attached hydrogens (tertiary/aromatic N) is 1. The highest BCUT2D eigenvalue weighted by molar-refractivity contribution is 5.76. The lowest BCUT2D eigenvalue weighted by Crippen LogP contribution is -2.51. The summed E-state index contributed by atoms with van der Waals surface area (Å²) in [6.07, 6.45) is 4.90. The molecule has 1 aliphatic heterocycles. The molecule has 5 nitrogen and oxygen atoms in total. The molecule has 18 heavy (non-hydrogen) atoms. The third-order valence-corrected chi connectivity index (χ3v) is 4.27. The first-order valence-corrected chi connectivity index (χ1v) is 6.60. The molecule has 102 valence electrons. The fraction of sp³-hybridized carbons (Fsp3) is 0.846. The molecule has 0 aromatic heterocycles. The third-order valence-electron chi connectivity index (χ3n) is 4.27. The number of fused-ring (bicyclic) bond motifs is 1. The van der Waals surface area contributed by atoms with Gasteiger partial charge in [0.1, 0.15) is 0 Å². The monoisotopic (exact) mass is 255 g/mol. The highest BCUT2D eigenvalue weighted by Gasteiger charge is 2.43. The number of amides is 1. The first kappa shape index (κ1) is 13.3. The molecule has 2 aliphatic rings. The number of hydroxylamine groups is 2. The van der Waals surface area contributed by atoms with Crippen LogP contribution in [0.2, 0.25) is 0 Å². The van der Waals surface area contributed by atoms with Gasteiger partial charge in [0.2, 0.25) is 5.91 Å². The maximum Gasteiger partial charge on any atom is 0.305 e. The molecular formula is C13H21NO4. The Balaban J connectivity index is 2.07. The standard InChI is InChI=1S/C13H21NO4/c1-17-13(16)8-9-4-3-5-11-10(9)6-7-12(15)14(11)18-2/h9-11H,3-8H2,1-2H3/t9-,10?,11?/m0/s1. The van der Waals surface area contributed by atoms with Gasteiger partial charge in [0.15, 0.2) is 0 Å². The van der Waals surface area contributed by atoms with Crippen LogP contribution in [-0.2, 0) is 19.2 Å². The van der Waals surface area contributed by atoms with Crippen molar-refractivity contribution < 1.29 is 19.2 Å². The fourth-order valence-corrected chi connectivity index (χ4v) is 3.42. The van der Waals surface area contributed by atoms with Crippen molar-refractivity contribution >= 4 is 11.9 Å². The van der Waals surface area contributed by atoms with Gasteiger partial charge in [-0.25, -0.2) is 5.06 Å². The van der Waals surface area contributed by atoms with Crippen LogP contribution in [0.15, 0.2) is 0 Å². The van der Waals surface area contributed by atoms with E-state index in [2.05, 4.69) is 0 Å². The van der Waals surface area contributed by atoms with E-state index in [9.17, 15) is 9.59 Å². The lowest BCUT2D eigenvalue weighted by Gasteiger charge is -2.45. The molecule has 1 amide bonds. The normalized spacial score (nSPS) is 32.0. The predicted molar refractivity (Wildman–Crippen MR) is 64.3 cm³/mol. The van der Waals surface area contributed by atoms with Crippen LogP contribution in [0.3, 0.4) is 0 Å². The van der Waals surface area contributed by atoms with Gasteiger partial charge < -0.3 is 4.74 Å². The Morgan fingerprint density at radius 1 is 1.33 bits per heavy atom. The van der Waals surface area contributed by atoms with E-state index in [1.807, 2.05) is 0 Å². The number of ether oxygens (including phenoxy) is 1. The van der Waals surface area contributed by atoms with Crippen molar-refractivity contribution in [2.24, 2.45) is 11.8 Å². The van der Waals surface area contributed by atoms with Crippen molar-refractivity contribution in [3.63, 3.8) is 0 Å². The predicted octanol–water partition coefficient (Wildman–Crippen LogP) is 1.52. The first-order valence-electron chi connectivity index (χ1n) is 6.60. The highest BCUT2D eigenvalue weighted by atomic mass is 16.7. The largest absolute Gasteiger partial charge is 0.469 e. The number of hydrogen-bond donors (Lipinski definition) is 0. The van der Waals surface area contributed by atoms with Gasteiger partial charge in [0.05, 0.1) is 20.3 Å². The molecule has 5 heteroatoms. The fourth-order valence-electron chi connectivity index (χ4n) is 3.42. The number of hydrogen-bond acceptors (Lipinski definition) is 4. The summed E-state index contributed by atoms with van der Waals surface area (Å²) in [5.41, 5.74) is 0. The Hall–Kier alpha value is -1.10. The molecule has 0 radical (unpaired) electrons. The maximum absolute atomic E-state index is 11.8. The van der Waals surface area contributed by atoms with Gasteiger partial charge in [-0.15, -0.1) is 0 Å². The molecule has 0 aromatic rings. The molecule has 2 unspecified atom stereocenters. The Labute approximate surface area is 107 Å². The number of esters is 1. The van der Waals surface area contributed by atoms with Crippen LogP contribution in [0.4, 0.5) is 0 Å². The van der Waals surface area contributed by atoms with E-state index in [0.717, 1.165) is 25.7 Å². The summed E-state index contributed by atoms with van der Waals surface area (Å²) in [6.45, 7) is 0. The smallest absolute Gasteiger partial charge is 0.305 e. The van der Waals surface area contributed by atoms with Crippen molar-refractivity contribution in [3.8, 4) is 0 Å². The third kappa shape index (κ3) is 2.51. The van der Waals surface area contributed by atoms with Gasteiger partial charge in [0, 0.05) is 12.8 Å². The molecule has 1 aliphatic carbocycles. The Morgan fingerprint density at radius 3 is 2.78 bits per heavy atom. The van der Waals surface area contributed by atoms with Crippen molar-refractivity contribution in [2.45, 2.75) is 44.6 Å². The molecule has 1 heterocycles. The summed E-state index contributed by atoms with van der Waals surface area (Å²) in [5, 5.41) is 1.53. The number of carbonyl (C=O) groups excluding carboxylic acids is 2. The van der Waals surface area contributed by atoms with Crippen LogP contribution >= 0.6 is 0 Å². The van der Waals surface area contributed by atoms with Crippen LogP contribution < -0.4 is 0 Å². The molecular weight excluding hydrogens is 234 g/mol. The molecule has 1 saturated heterocycles. The van der Waals surface area contributed by atoms with Gasteiger partial charge in [-0.2, -0.15) is 0 Å². The van der Waals surface area contributed by atoms with E-state index in [0.29, 0.717) is 24.7 Å². The second-order valence-corrected chi connectivity index (χ2v) is 5.14. The minimum atomic E-state index is -0.151. The molecule has 3 atom stereocenters. The number of piperidine rings is 1. The van der Waals surface area contributed by atoms with E-state index in [4.69, 9.17) is 9.57 Å². The average Bonchev–Trinajstić information content (AvgIpc) is 2.38. The van der Waals surface area contributed by atoms with E-state index >= 15 is 0 Å².